The number of nitrogens with two attached hydrogens (primary N) is 1. The van der Waals surface area contributed by atoms with Crippen molar-refractivity contribution < 1.29 is 41.8 Å². The molecule has 210 valence electrons. The topological polar surface area (TPSA) is 164 Å². The lowest BCUT2D eigenvalue weighted by atomic mass is 9.99. The molecule has 1 saturated heterocycles. The third-order valence-electron chi connectivity index (χ3n) is 5.41. The average Bonchev–Trinajstić information content (AvgIpc) is 3.11. The fraction of sp³-hybridized carbons (Fsp3) is 0.500. The summed E-state index contributed by atoms with van der Waals surface area (Å²) in [5, 5.41) is 13.2. The number of anilines is 1. The Morgan fingerprint density at radius 3 is 2.63 bits per heavy atom. The summed E-state index contributed by atoms with van der Waals surface area (Å²) in [5.74, 6) is -2.38. The van der Waals surface area contributed by atoms with E-state index in [9.17, 15) is 23.7 Å². The molecule has 6 atom stereocenters. The first-order valence-corrected chi connectivity index (χ1v) is 14.5. The van der Waals surface area contributed by atoms with Crippen LogP contribution in [-0.2, 0) is 23.4 Å². The number of carbonyl (C=O) groups is 1. The summed E-state index contributed by atoms with van der Waals surface area (Å²) >= 11 is 1.79. The van der Waals surface area contributed by atoms with Crippen LogP contribution in [0.3, 0.4) is 0 Å². The molecule has 1 aliphatic rings. The molecule has 1 fully saturated rings. The Hall–Kier alpha value is -2.17. The Balaban J connectivity index is 1.87. The van der Waals surface area contributed by atoms with Gasteiger partial charge >= 0.3 is 19.4 Å². The van der Waals surface area contributed by atoms with Gasteiger partial charge in [-0.2, -0.15) is 10.1 Å². The maximum absolute atomic E-state index is 15.2. The van der Waals surface area contributed by atoms with Gasteiger partial charge in [-0.05, 0) is 32.9 Å². The molecule has 0 radical (unpaired) electrons. The van der Waals surface area contributed by atoms with Crippen LogP contribution in [0.5, 0.6) is 5.75 Å². The molecule has 16 heteroatoms. The Bertz CT molecular complexity index is 1240. The number of esters is 1. The molecule has 0 amide bonds. The van der Waals surface area contributed by atoms with E-state index < -0.39 is 73.9 Å². The van der Waals surface area contributed by atoms with Gasteiger partial charge in [-0.3, -0.25) is 13.9 Å². The fourth-order valence-corrected chi connectivity index (χ4v) is 5.87. The lowest BCUT2D eigenvalue weighted by Crippen LogP contribution is -2.48. The van der Waals surface area contributed by atoms with Crippen LogP contribution >= 0.6 is 30.3 Å². The summed E-state index contributed by atoms with van der Waals surface area (Å²) in [6.07, 6.45) is -5.74. The molecule has 1 unspecified atom stereocenters. The Labute approximate surface area is 230 Å². The molecular formula is C22H28F2IN4O8P. The minimum Gasteiger partial charge on any atom is -0.462 e. The van der Waals surface area contributed by atoms with Crippen LogP contribution in [0.2, 0.25) is 0 Å². The zero-order valence-corrected chi connectivity index (χ0v) is 23.7. The molecule has 1 aromatic carbocycles. The number of ether oxygens (including phenoxy) is 2. The van der Waals surface area contributed by atoms with Crippen molar-refractivity contribution in [1.29, 1.82) is 0 Å². The number of rotatable bonds is 11. The van der Waals surface area contributed by atoms with Crippen molar-refractivity contribution in [3.63, 3.8) is 0 Å². The van der Waals surface area contributed by atoms with E-state index in [4.69, 9.17) is 24.3 Å². The lowest BCUT2D eigenvalue weighted by Gasteiger charge is -2.32. The van der Waals surface area contributed by atoms with Gasteiger partial charge in [0.2, 0.25) is 0 Å². The number of nitrogens with one attached hydrogen (secondary N) is 1. The van der Waals surface area contributed by atoms with Crippen LogP contribution in [0.4, 0.5) is 14.6 Å². The zero-order valence-electron chi connectivity index (χ0n) is 20.6. The summed E-state index contributed by atoms with van der Waals surface area (Å²) < 4.78 is 65.3. The van der Waals surface area contributed by atoms with Crippen LogP contribution in [0.1, 0.15) is 27.0 Å². The van der Waals surface area contributed by atoms with Crippen molar-refractivity contribution in [2.24, 2.45) is 0 Å². The quantitative estimate of drug-likeness (QED) is 0.139. The molecule has 12 nitrogen and oxygen atoms in total. The average molecular weight is 672 g/mol. The number of nitrogens with zero attached hydrogens (tertiary/aromatic N) is 2. The van der Waals surface area contributed by atoms with Gasteiger partial charge in [0.05, 0.1) is 18.9 Å². The van der Waals surface area contributed by atoms with Crippen molar-refractivity contribution in [1.82, 2.24) is 14.6 Å². The normalized spacial score (nSPS) is 25.6. The second-order valence-electron chi connectivity index (χ2n) is 8.77. The van der Waals surface area contributed by atoms with Crippen molar-refractivity contribution in [2.75, 3.05) is 16.8 Å². The Kier molecular flexibility index (Phi) is 9.87. The van der Waals surface area contributed by atoms with E-state index in [1.54, 1.807) is 54.6 Å². The van der Waals surface area contributed by atoms with Gasteiger partial charge in [0.15, 0.2) is 24.0 Å². The number of aliphatic hydroxyl groups is 1. The predicted octanol–water partition coefficient (Wildman–Crippen LogP) is 2.50. The predicted molar refractivity (Wildman–Crippen MR) is 140 cm³/mol. The molecule has 0 spiro atoms. The van der Waals surface area contributed by atoms with Crippen LogP contribution < -0.4 is 21.0 Å². The number of carbonyl (C=O) groups excluding carboxylic acids is 1. The van der Waals surface area contributed by atoms with Crippen molar-refractivity contribution in [3.8, 4) is 5.75 Å². The van der Waals surface area contributed by atoms with Crippen molar-refractivity contribution >= 4 is 42.1 Å². The highest BCUT2D eigenvalue weighted by molar-refractivity contribution is 14.1. The van der Waals surface area contributed by atoms with Gasteiger partial charge in [0, 0.05) is 4.43 Å². The molecule has 38 heavy (non-hydrogen) atoms. The first-order valence-electron chi connectivity index (χ1n) is 11.4. The third-order valence-corrected chi connectivity index (χ3v) is 8.32. The molecule has 2 heterocycles. The van der Waals surface area contributed by atoms with E-state index in [2.05, 4.69) is 10.1 Å². The first-order chi connectivity index (χ1) is 17.8. The summed E-state index contributed by atoms with van der Waals surface area (Å²) in [4.78, 5) is 27.9. The van der Waals surface area contributed by atoms with Gasteiger partial charge in [-0.1, -0.05) is 40.8 Å². The Morgan fingerprint density at radius 2 is 2.03 bits per heavy atom. The molecule has 4 N–H and O–H groups in total. The molecule has 1 aromatic heterocycles. The van der Waals surface area contributed by atoms with Gasteiger partial charge in [0.25, 0.3) is 0 Å². The SMILES string of the molecule is CC(C)OC(=O)[C@H](C)NP(=O)(OC[C@@]1(CI)O[C@@H](n2cc(F)c(N)nc2=O)[C@@H](F)[C@@H]1O)Oc1ccccc1. The summed E-state index contributed by atoms with van der Waals surface area (Å²) in [5.41, 5.74) is 2.32. The van der Waals surface area contributed by atoms with E-state index in [1.165, 1.54) is 19.1 Å². The fourth-order valence-electron chi connectivity index (χ4n) is 3.47. The van der Waals surface area contributed by atoms with Gasteiger partial charge in [-0.25, -0.2) is 18.1 Å². The molecule has 3 rings (SSSR count). The molecule has 0 saturated carbocycles. The van der Waals surface area contributed by atoms with Gasteiger partial charge in [-0.15, -0.1) is 0 Å². The minimum atomic E-state index is -4.39. The first kappa shape index (κ1) is 30.4. The molecule has 0 bridgehead atoms. The standard InChI is InChI=1S/C22H28F2IN4O8P/c1-12(2)35-20(31)13(3)28-38(33,37-14-7-5-4-6-8-14)34-11-22(10-25)17(30)16(24)19(36-22)29-9-15(23)18(26)27-21(29)32/h4-9,12-13,16-17,19,30H,10-11H2,1-3H3,(H,28,33)(H2,26,27,32)/t13-,16-,17-,19+,22+,38?/m0/s1. The summed E-state index contributed by atoms with van der Waals surface area (Å²) in [7, 11) is -4.39. The highest BCUT2D eigenvalue weighted by atomic mass is 127. The largest absolute Gasteiger partial charge is 0.462 e. The maximum Gasteiger partial charge on any atom is 0.459 e. The molecule has 0 aliphatic carbocycles. The highest BCUT2D eigenvalue weighted by Crippen LogP contribution is 2.48. The van der Waals surface area contributed by atoms with Gasteiger partial charge in [0.1, 0.15) is 23.5 Å². The summed E-state index contributed by atoms with van der Waals surface area (Å²) in [6.45, 7) is 3.95. The smallest absolute Gasteiger partial charge is 0.459 e. The van der Waals surface area contributed by atoms with Crippen molar-refractivity contribution in [3.05, 3.63) is 52.8 Å². The van der Waals surface area contributed by atoms with E-state index in [1.807, 2.05) is 0 Å². The number of halogens is 3. The number of benzene rings is 1. The molecular weight excluding hydrogens is 644 g/mol. The van der Waals surface area contributed by atoms with Crippen LogP contribution in [-0.4, -0.2) is 61.7 Å². The summed E-state index contributed by atoms with van der Waals surface area (Å²) in [6, 6.07) is 6.75. The minimum absolute atomic E-state index is 0.112. The number of hydrogen-bond acceptors (Lipinski definition) is 10. The highest BCUT2D eigenvalue weighted by Gasteiger charge is 2.57. The van der Waals surface area contributed by atoms with E-state index in [0.717, 1.165) is 0 Å². The van der Waals surface area contributed by atoms with E-state index >= 15 is 4.39 Å². The maximum atomic E-state index is 15.2. The number of aromatic nitrogens is 2. The number of aliphatic hydroxyl groups excluding tert-OH is 1. The monoisotopic (exact) mass is 672 g/mol. The zero-order chi connectivity index (χ0) is 28.3. The number of nitrogen functional groups attached to an aromatic ring is 1. The number of para-hydroxylation sites is 1. The Morgan fingerprint density at radius 1 is 1.37 bits per heavy atom. The third kappa shape index (κ3) is 6.87. The van der Waals surface area contributed by atoms with Crippen LogP contribution in [0.25, 0.3) is 0 Å². The number of alkyl halides is 2. The lowest BCUT2D eigenvalue weighted by molar-refractivity contribution is -0.149. The van der Waals surface area contributed by atoms with Crippen LogP contribution in [0, 0.1) is 5.82 Å². The second kappa shape index (κ2) is 12.3. The molecule has 2 aromatic rings. The number of hydrogen-bond donors (Lipinski definition) is 3. The molecule has 1 aliphatic heterocycles. The second-order valence-corrected chi connectivity index (χ2v) is 11.2. The van der Waals surface area contributed by atoms with E-state index in [0.29, 0.717) is 10.8 Å². The van der Waals surface area contributed by atoms with Gasteiger partial charge < -0.3 is 24.8 Å². The van der Waals surface area contributed by atoms with Crippen molar-refractivity contribution in [2.45, 2.75) is 57.0 Å². The van der Waals surface area contributed by atoms with E-state index in [-0.39, 0.29) is 10.2 Å². The van der Waals surface area contributed by atoms with Crippen LogP contribution in [0.15, 0.2) is 41.3 Å².